The van der Waals surface area contributed by atoms with Gasteiger partial charge in [0.15, 0.2) is 0 Å². The molecule has 0 saturated heterocycles. The molecule has 3 nitrogen and oxygen atoms in total. The lowest BCUT2D eigenvalue weighted by atomic mass is 10.2. The molecule has 2 aromatic rings. The summed E-state index contributed by atoms with van der Waals surface area (Å²) in [4.78, 5) is 0. The maximum Gasteiger partial charge on any atom is 0.229 e. The van der Waals surface area contributed by atoms with Gasteiger partial charge in [-0.25, -0.2) is 8.42 Å². The van der Waals surface area contributed by atoms with Crippen LogP contribution in [0, 0.1) is 0 Å². The van der Waals surface area contributed by atoms with Crippen molar-refractivity contribution in [3.05, 3.63) is 28.1 Å². The molecular weight excluding hydrogens is 298 g/mol. The Kier molecular flexibility index (Phi) is 2.74. The molecule has 0 aliphatic heterocycles. The number of anilines is 1. The highest BCUT2D eigenvalue weighted by Gasteiger charge is 2.09. The highest BCUT2D eigenvalue weighted by atomic mass is 79.9. The van der Waals surface area contributed by atoms with Gasteiger partial charge in [-0.05, 0) is 28.1 Å². The normalized spacial score (nSPS) is 11.9. The second-order valence-corrected chi connectivity index (χ2v) is 6.65. The van der Waals surface area contributed by atoms with Crippen molar-refractivity contribution in [1.82, 2.24) is 0 Å². The van der Waals surface area contributed by atoms with Crippen molar-refractivity contribution < 1.29 is 8.42 Å². The standard InChI is InChI=1S/C9H8BrNO2S2/c1-15(12,13)11-7-3-2-4-8-9(7)6(10)5-14-8/h2-5,11H,1H3. The highest BCUT2D eigenvalue weighted by molar-refractivity contribution is 9.10. The molecule has 15 heavy (non-hydrogen) atoms. The average Bonchev–Trinajstić information content (AvgIpc) is 2.46. The number of halogens is 1. The van der Waals surface area contributed by atoms with Gasteiger partial charge in [0.05, 0.1) is 11.9 Å². The van der Waals surface area contributed by atoms with Crippen molar-refractivity contribution in [2.24, 2.45) is 0 Å². The first-order chi connectivity index (χ1) is 6.97. The van der Waals surface area contributed by atoms with E-state index < -0.39 is 10.0 Å². The van der Waals surface area contributed by atoms with E-state index in [4.69, 9.17) is 0 Å². The summed E-state index contributed by atoms with van der Waals surface area (Å²) in [6.07, 6.45) is 1.14. The summed E-state index contributed by atoms with van der Waals surface area (Å²) < 4.78 is 26.8. The van der Waals surface area contributed by atoms with Crippen LogP contribution >= 0.6 is 27.3 Å². The number of fused-ring (bicyclic) bond motifs is 1. The molecule has 2 rings (SSSR count). The van der Waals surface area contributed by atoms with Crippen LogP contribution in [0.15, 0.2) is 28.1 Å². The van der Waals surface area contributed by atoms with Crippen LogP contribution in [0.4, 0.5) is 5.69 Å². The summed E-state index contributed by atoms with van der Waals surface area (Å²) in [6, 6.07) is 5.54. The van der Waals surface area contributed by atoms with Gasteiger partial charge in [-0.15, -0.1) is 11.3 Å². The SMILES string of the molecule is CS(=O)(=O)Nc1cccc2scc(Br)c12. The molecule has 0 radical (unpaired) electrons. The largest absolute Gasteiger partial charge is 0.283 e. The van der Waals surface area contributed by atoms with Crippen LogP contribution in [0.5, 0.6) is 0 Å². The molecule has 1 aromatic carbocycles. The lowest BCUT2D eigenvalue weighted by Gasteiger charge is -2.05. The first-order valence-electron chi connectivity index (χ1n) is 4.11. The van der Waals surface area contributed by atoms with Gasteiger partial charge in [-0.2, -0.15) is 0 Å². The summed E-state index contributed by atoms with van der Waals surface area (Å²) >= 11 is 4.97. The number of benzene rings is 1. The minimum atomic E-state index is -3.23. The van der Waals surface area contributed by atoms with Crippen LogP contribution in [-0.4, -0.2) is 14.7 Å². The molecule has 6 heteroatoms. The van der Waals surface area contributed by atoms with Gasteiger partial charge >= 0.3 is 0 Å². The minimum absolute atomic E-state index is 0.614. The smallest absolute Gasteiger partial charge is 0.229 e. The van der Waals surface area contributed by atoms with E-state index in [0.29, 0.717) is 5.69 Å². The zero-order chi connectivity index (χ0) is 11.1. The molecular formula is C9H8BrNO2S2. The van der Waals surface area contributed by atoms with Crippen LogP contribution < -0.4 is 4.72 Å². The first kappa shape index (κ1) is 10.9. The summed E-state index contributed by atoms with van der Waals surface area (Å²) in [7, 11) is -3.23. The molecule has 0 aliphatic carbocycles. The van der Waals surface area contributed by atoms with E-state index in [1.165, 1.54) is 0 Å². The Bertz CT molecular complexity index is 604. The molecule has 0 aliphatic rings. The van der Waals surface area contributed by atoms with E-state index >= 15 is 0 Å². The Balaban J connectivity index is 2.65. The van der Waals surface area contributed by atoms with E-state index in [9.17, 15) is 8.42 Å². The molecule has 0 unspecified atom stereocenters. The first-order valence-corrected chi connectivity index (χ1v) is 7.67. The monoisotopic (exact) mass is 305 g/mol. The van der Waals surface area contributed by atoms with Crippen LogP contribution in [0.25, 0.3) is 10.1 Å². The fraction of sp³-hybridized carbons (Fsp3) is 0.111. The third-order valence-electron chi connectivity index (χ3n) is 1.85. The van der Waals surface area contributed by atoms with E-state index in [-0.39, 0.29) is 0 Å². The van der Waals surface area contributed by atoms with Crippen molar-refractivity contribution in [2.45, 2.75) is 0 Å². The molecule has 80 valence electrons. The lowest BCUT2D eigenvalue weighted by molar-refractivity contribution is 0.607. The van der Waals surface area contributed by atoms with Gasteiger partial charge in [-0.1, -0.05) is 6.07 Å². The van der Waals surface area contributed by atoms with E-state index in [1.54, 1.807) is 17.4 Å². The Morgan fingerprint density at radius 1 is 1.40 bits per heavy atom. The predicted molar refractivity (Wildman–Crippen MR) is 68.0 cm³/mol. The zero-order valence-corrected chi connectivity index (χ0v) is 11.0. The number of hydrogen-bond acceptors (Lipinski definition) is 3. The van der Waals surface area contributed by atoms with E-state index in [2.05, 4.69) is 20.7 Å². The second kappa shape index (κ2) is 3.77. The van der Waals surface area contributed by atoms with Gasteiger partial charge in [0.25, 0.3) is 0 Å². The molecule has 0 atom stereocenters. The minimum Gasteiger partial charge on any atom is -0.283 e. The van der Waals surface area contributed by atoms with E-state index in [0.717, 1.165) is 20.8 Å². The Hall–Kier alpha value is -0.590. The maximum atomic E-state index is 11.2. The second-order valence-electron chi connectivity index (χ2n) is 3.14. The quantitative estimate of drug-likeness (QED) is 0.927. The number of hydrogen-bond donors (Lipinski definition) is 1. The topological polar surface area (TPSA) is 46.2 Å². The average molecular weight is 306 g/mol. The maximum absolute atomic E-state index is 11.2. The summed E-state index contributed by atoms with van der Waals surface area (Å²) in [6.45, 7) is 0. The molecule has 0 fully saturated rings. The zero-order valence-electron chi connectivity index (χ0n) is 7.82. The highest BCUT2D eigenvalue weighted by Crippen LogP contribution is 2.35. The third kappa shape index (κ3) is 2.32. The molecule has 0 bridgehead atoms. The molecule has 0 saturated carbocycles. The predicted octanol–water partition coefficient (Wildman–Crippen LogP) is 3.04. The Morgan fingerprint density at radius 2 is 2.13 bits per heavy atom. The van der Waals surface area contributed by atoms with Gasteiger partial charge in [0.1, 0.15) is 0 Å². The van der Waals surface area contributed by atoms with Gasteiger partial charge in [0.2, 0.25) is 10.0 Å². The molecule has 0 spiro atoms. The summed E-state index contributed by atoms with van der Waals surface area (Å²) in [5.74, 6) is 0. The Labute approximate surface area is 100 Å². The Morgan fingerprint density at radius 3 is 2.80 bits per heavy atom. The van der Waals surface area contributed by atoms with Crippen LogP contribution in [0.3, 0.4) is 0 Å². The lowest BCUT2D eigenvalue weighted by Crippen LogP contribution is -2.09. The van der Waals surface area contributed by atoms with E-state index in [1.807, 2.05) is 17.5 Å². The van der Waals surface area contributed by atoms with Crippen LogP contribution in [0.2, 0.25) is 0 Å². The van der Waals surface area contributed by atoms with Crippen molar-refractivity contribution >= 4 is 53.1 Å². The van der Waals surface area contributed by atoms with Crippen molar-refractivity contribution in [2.75, 3.05) is 11.0 Å². The van der Waals surface area contributed by atoms with Crippen LogP contribution in [0.1, 0.15) is 0 Å². The van der Waals surface area contributed by atoms with Gasteiger partial charge in [-0.3, -0.25) is 4.72 Å². The van der Waals surface area contributed by atoms with Gasteiger partial charge in [0, 0.05) is 19.9 Å². The fourth-order valence-electron chi connectivity index (χ4n) is 1.33. The van der Waals surface area contributed by atoms with Crippen molar-refractivity contribution in [1.29, 1.82) is 0 Å². The molecule has 1 aromatic heterocycles. The third-order valence-corrected chi connectivity index (χ3v) is 4.32. The molecule has 1 N–H and O–H groups in total. The number of rotatable bonds is 2. The molecule has 0 amide bonds. The number of thiophene rings is 1. The van der Waals surface area contributed by atoms with Crippen LogP contribution in [-0.2, 0) is 10.0 Å². The van der Waals surface area contributed by atoms with Gasteiger partial charge < -0.3 is 0 Å². The number of sulfonamides is 1. The van der Waals surface area contributed by atoms with Crippen molar-refractivity contribution in [3.63, 3.8) is 0 Å². The van der Waals surface area contributed by atoms with Crippen molar-refractivity contribution in [3.8, 4) is 0 Å². The molecule has 1 heterocycles. The fourth-order valence-corrected chi connectivity index (χ4v) is 3.59. The number of nitrogens with one attached hydrogen (secondary N) is 1. The summed E-state index contributed by atoms with van der Waals surface area (Å²) in [5.41, 5.74) is 0.614. The summed E-state index contributed by atoms with van der Waals surface area (Å²) in [5, 5.41) is 2.85.